The van der Waals surface area contributed by atoms with E-state index in [1.807, 2.05) is 32.3 Å². The number of aromatic nitrogens is 4. The maximum atomic E-state index is 11.2. The molecule has 1 saturated heterocycles. The van der Waals surface area contributed by atoms with Crippen molar-refractivity contribution in [2.75, 3.05) is 19.6 Å². The summed E-state index contributed by atoms with van der Waals surface area (Å²) in [6.07, 6.45) is 7.45. The number of likely N-dealkylation sites (tertiary alicyclic amines) is 1. The van der Waals surface area contributed by atoms with Crippen LogP contribution in [0.25, 0.3) is 21.9 Å². The number of nitrogens with one attached hydrogen (secondary N) is 1. The molecule has 1 aliphatic rings. The molecule has 0 aliphatic carbocycles. The average Bonchev–Trinajstić information content (AvgIpc) is 3.22. The molecule has 24 heavy (non-hydrogen) atoms. The zero-order chi connectivity index (χ0) is 16.7. The maximum Gasteiger partial charge on any atom is 0.138 e. The van der Waals surface area contributed by atoms with Crippen molar-refractivity contribution in [3.8, 4) is 0 Å². The minimum atomic E-state index is -0.305. The number of rotatable bonds is 4. The normalized spacial score (nSPS) is 19.3. The van der Waals surface area contributed by atoms with Crippen LogP contribution in [0.15, 0.2) is 24.8 Å². The van der Waals surface area contributed by atoms with Gasteiger partial charge >= 0.3 is 0 Å². The largest absolute Gasteiger partial charge is 0.346 e. The fourth-order valence-corrected chi connectivity index (χ4v) is 3.70. The molecule has 3 aromatic heterocycles. The van der Waals surface area contributed by atoms with E-state index in [4.69, 9.17) is 0 Å². The Kier molecular flexibility index (Phi) is 3.57. The van der Waals surface area contributed by atoms with Crippen LogP contribution in [0.4, 0.5) is 0 Å². The summed E-state index contributed by atoms with van der Waals surface area (Å²) in [6, 6.07) is 2.04. The van der Waals surface area contributed by atoms with E-state index in [0.29, 0.717) is 5.92 Å². The lowest BCUT2D eigenvalue weighted by Gasteiger charge is -2.25. The molecule has 4 heterocycles. The van der Waals surface area contributed by atoms with Crippen molar-refractivity contribution in [2.45, 2.75) is 26.2 Å². The molecule has 0 aromatic carbocycles. The molecule has 1 aliphatic heterocycles. The molecular formula is C18H21N5O. The average molecular weight is 323 g/mol. The van der Waals surface area contributed by atoms with Crippen LogP contribution in [0.2, 0.25) is 0 Å². The van der Waals surface area contributed by atoms with Crippen LogP contribution >= 0.6 is 0 Å². The molecule has 1 unspecified atom stereocenters. The number of aldehydes is 1. The van der Waals surface area contributed by atoms with Gasteiger partial charge in [0.25, 0.3) is 0 Å². The monoisotopic (exact) mass is 323 g/mol. The fourth-order valence-electron chi connectivity index (χ4n) is 3.70. The summed E-state index contributed by atoms with van der Waals surface area (Å²) >= 11 is 0. The van der Waals surface area contributed by atoms with E-state index < -0.39 is 0 Å². The van der Waals surface area contributed by atoms with Gasteiger partial charge in [0.05, 0.1) is 17.4 Å². The summed E-state index contributed by atoms with van der Waals surface area (Å²) in [5.74, 6) is 0.360. The first-order chi connectivity index (χ1) is 11.6. The second-order valence-electron chi connectivity index (χ2n) is 7.34. The van der Waals surface area contributed by atoms with Crippen molar-refractivity contribution in [1.29, 1.82) is 0 Å². The lowest BCUT2D eigenvalue weighted by Crippen LogP contribution is -2.33. The predicted molar refractivity (Wildman–Crippen MR) is 92.8 cm³/mol. The van der Waals surface area contributed by atoms with E-state index in [1.165, 1.54) is 0 Å². The minimum absolute atomic E-state index is 0.305. The van der Waals surface area contributed by atoms with Gasteiger partial charge in [0.15, 0.2) is 0 Å². The molecule has 124 valence electrons. The number of carbonyl (C=O) groups excluding carboxylic acids is 1. The number of H-pyrrole nitrogens is 1. The molecule has 0 bridgehead atoms. The van der Waals surface area contributed by atoms with E-state index >= 15 is 0 Å². The summed E-state index contributed by atoms with van der Waals surface area (Å²) in [4.78, 5) is 30.1. The second kappa shape index (κ2) is 5.63. The summed E-state index contributed by atoms with van der Waals surface area (Å²) in [5, 5.41) is 2.18. The zero-order valence-electron chi connectivity index (χ0n) is 14.0. The third kappa shape index (κ3) is 2.57. The number of fused-ring (bicyclic) bond motifs is 3. The number of hydrogen-bond donors (Lipinski definition) is 1. The van der Waals surface area contributed by atoms with Gasteiger partial charge in [-0.2, -0.15) is 0 Å². The summed E-state index contributed by atoms with van der Waals surface area (Å²) in [6.45, 7) is 6.69. The summed E-state index contributed by atoms with van der Waals surface area (Å²) in [5.41, 5.74) is 2.55. The minimum Gasteiger partial charge on any atom is -0.346 e. The van der Waals surface area contributed by atoms with Gasteiger partial charge in [0.2, 0.25) is 0 Å². The lowest BCUT2D eigenvalue weighted by molar-refractivity contribution is -0.115. The van der Waals surface area contributed by atoms with Gasteiger partial charge in [0, 0.05) is 41.4 Å². The van der Waals surface area contributed by atoms with Gasteiger partial charge in [-0.15, -0.1) is 0 Å². The van der Waals surface area contributed by atoms with Crippen LogP contribution in [0, 0.1) is 5.41 Å². The Hall–Kier alpha value is -2.34. The standard InChI is InChI=1S/C18H21N5O/c1-18(2,10-24)9-23-6-4-12(8-23)16-15-13-3-5-19-17(13)20-7-14(15)21-11-22-16/h3,5,7,10-12H,4,6,8-9H2,1-2H3,(H,19,20). The quantitative estimate of drug-likeness (QED) is 0.747. The van der Waals surface area contributed by atoms with Gasteiger partial charge in [-0.25, -0.2) is 15.0 Å². The zero-order valence-corrected chi connectivity index (χ0v) is 14.0. The fraction of sp³-hybridized carbons (Fsp3) is 0.444. The van der Waals surface area contributed by atoms with Crippen molar-refractivity contribution < 1.29 is 4.79 Å². The Balaban J connectivity index is 1.70. The molecule has 1 N–H and O–H groups in total. The van der Waals surface area contributed by atoms with Crippen LogP contribution in [-0.4, -0.2) is 50.8 Å². The molecular weight excluding hydrogens is 302 g/mol. The maximum absolute atomic E-state index is 11.2. The molecule has 0 radical (unpaired) electrons. The highest BCUT2D eigenvalue weighted by Crippen LogP contribution is 2.34. The van der Waals surface area contributed by atoms with Gasteiger partial charge < -0.3 is 14.7 Å². The molecule has 6 nitrogen and oxygen atoms in total. The number of aromatic amines is 1. The molecule has 3 aromatic rings. The molecule has 0 saturated carbocycles. The van der Waals surface area contributed by atoms with Gasteiger partial charge in [0.1, 0.15) is 18.3 Å². The number of carbonyl (C=O) groups is 1. The SMILES string of the molecule is CC(C)(C=O)CN1CCC(c2ncnc3cnc4[nH]ccc4c23)C1. The predicted octanol–water partition coefficient (Wildman–Crippen LogP) is 2.52. The van der Waals surface area contributed by atoms with Crippen molar-refractivity contribution in [3.05, 3.63) is 30.5 Å². The first kappa shape index (κ1) is 15.2. The Morgan fingerprint density at radius 1 is 1.38 bits per heavy atom. The third-order valence-corrected chi connectivity index (χ3v) is 4.83. The first-order valence-corrected chi connectivity index (χ1v) is 8.33. The third-order valence-electron chi connectivity index (χ3n) is 4.83. The van der Waals surface area contributed by atoms with Crippen molar-refractivity contribution >= 4 is 28.2 Å². The first-order valence-electron chi connectivity index (χ1n) is 8.33. The van der Waals surface area contributed by atoms with E-state index in [9.17, 15) is 4.79 Å². The van der Waals surface area contributed by atoms with Crippen LogP contribution in [0.3, 0.4) is 0 Å². The van der Waals surface area contributed by atoms with Crippen molar-refractivity contribution in [3.63, 3.8) is 0 Å². The molecule has 0 amide bonds. The topological polar surface area (TPSA) is 74.8 Å². The molecule has 1 fully saturated rings. The van der Waals surface area contributed by atoms with E-state index in [2.05, 4.69) is 24.8 Å². The highest BCUT2D eigenvalue weighted by molar-refractivity contribution is 6.04. The van der Waals surface area contributed by atoms with Crippen LogP contribution < -0.4 is 0 Å². The van der Waals surface area contributed by atoms with E-state index in [-0.39, 0.29) is 5.41 Å². The van der Waals surface area contributed by atoms with Crippen LogP contribution in [-0.2, 0) is 4.79 Å². The van der Waals surface area contributed by atoms with Crippen LogP contribution in [0.5, 0.6) is 0 Å². The lowest BCUT2D eigenvalue weighted by atomic mass is 9.95. The summed E-state index contributed by atoms with van der Waals surface area (Å²) in [7, 11) is 0. The van der Waals surface area contributed by atoms with Gasteiger partial charge in [-0.3, -0.25) is 0 Å². The Bertz CT molecular complexity index is 901. The molecule has 4 rings (SSSR count). The highest BCUT2D eigenvalue weighted by atomic mass is 16.1. The smallest absolute Gasteiger partial charge is 0.138 e. The Labute approximate surface area is 140 Å². The van der Waals surface area contributed by atoms with E-state index in [1.54, 1.807) is 6.33 Å². The van der Waals surface area contributed by atoms with Crippen molar-refractivity contribution in [1.82, 2.24) is 24.8 Å². The Morgan fingerprint density at radius 3 is 3.08 bits per heavy atom. The number of hydrogen-bond acceptors (Lipinski definition) is 5. The molecule has 1 atom stereocenters. The Morgan fingerprint density at radius 2 is 2.25 bits per heavy atom. The number of pyridine rings is 1. The van der Waals surface area contributed by atoms with E-state index in [0.717, 1.165) is 60.0 Å². The molecule has 6 heteroatoms. The van der Waals surface area contributed by atoms with Gasteiger partial charge in [-0.05, 0) is 19.0 Å². The van der Waals surface area contributed by atoms with Crippen molar-refractivity contribution in [2.24, 2.45) is 5.41 Å². The number of nitrogens with zero attached hydrogens (tertiary/aromatic N) is 4. The summed E-state index contributed by atoms with van der Waals surface area (Å²) < 4.78 is 0. The van der Waals surface area contributed by atoms with Crippen LogP contribution in [0.1, 0.15) is 31.9 Å². The van der Waals surface area contributed by atoms with Gasteiger partial charge in [-0.1, -0.05) is 13.8 Å². The highest BCUT2D eigenvalue weighted by Gasteiger charge is 2.30. The second-order valence-corrected chi connectivity index (χ2v) is 7.34. The molecule has 0 spiro atoms.